The predicted molar refractivity (Wildman–Crippen MR) is 67.8 cm³/mol. The lowest BCUT2D eigenvalue weighted by molar-refractivity contribution is -0.122. The second-order valence-corrected chi connectivity index (χ2v) is 3.81. The molecule has 5 heteroatoms. The van der Waals surface area contributed by atoms with Crippen LogP contribution in [0, 0.1) is 11.3 Å². The molecule has 0 spiro atoms. The van der Waals surface area contributed by atoms with Gasteiger partial charge in [-0.15, -0.1) is 0 Å². The largest absolute Gasteiger partial charge is 0.484 e. The Morgan fingerprint density at radius 1 is 1.50 bits per heavy atom. The highest BCUT2D eigenvalue weighted by Gasteiger charge is 2.04. The zero-order valence-corrected chi connectivity index (χ0v) is 10.3. The first-order valence-corrected chi connectivity index (χ1v) is 5.79. The summed E-state index contributed by atoms with van der Waals surface area (Å²) in [6.07, 6.45) is 0.872. The second kappa shape index (κ2) is 7.30. The summed E-state index contributed by atoms with van der Waals surface area (Å²) in [6, 6.07) is 9.18. The maximum Gasteiger partial charge on any atom is 0.258 e. The molecule has 0 fully saturated rings. The average molecular weight is 247 g/mol. The van der Waals surface area contributed by atoms with E-state index in [0.717, 1.165) is 12.0 Å². The zero-order valence-electron chi connectivity index (χ0n) is 10.3. The van der Waals surface area contributed by atoms with Crippen molar-refractivity contribution in [2.45, 2.75) is 19.4 Å². The molecule has 0 heterocycles. The second-order valence-electron chi connectivity index (χ2n) is 3.81. The lowest BCUT2D eigenvalue weighted by Gasteiger charge is -2.10. The summed E-state index contributed by atoms with van der Waals surface area (Å²) in [5.74, 6) is 0.292. The third kappa shape index (κ3) is 4.44. The third-order valence-electron chi connectivity index (χ3n) is 2.48. The normalized spacial score (nSPS) is 11.4. The van der Waals surface area contributed by atoms with Crippen molar-refractivity contribution in [3.05, 3.63) is 29.8 Å². The van der Waals surface area contributed by atoms with Gasteiger partial charge in [-0.05, 0) is 24.1 Å². The molecular weight excluding hydrogens is 230 g/mol. The van der Waals surface area contributed by atoms with Gasteiger partial charge in [-0.2, -0.15) is 5.26 Å². The summed E-state index contributed by atoms with van der Waals surface area (Å²) >= 11 is 0. The molecule has 0 aromatic heterocycles. The molecule has 1 aromatic rings. The van der Waals surface area contributed by atoms with Gasteiger partial charge in [0.25, 0.3) is 5.91 Å². The van der Waals surface area contributed by atoms with Crippen molar-refractivity contribution >= 4 is 5.91 Å². The van der Waals surface area contributed by atoms with E-state index in [2.05, 4.69) is 5.32 Å². The number of rotatable bonds is 6. The molecule has 96 valence electrons. The van der Waals surface area contributed by atoms with E-state index in [1.807, 2.05) is 25.1 Å². The van der Waals surface area contributed by atoms with Crippen molar-refractivity contribution in [2.24, 2.45) is 5.73 Å². The number of nitrogens with one attached hydrogen (secondary N) is 1. The van der Waals surface area contributed by atoms with Crippen LogP contribution in [-0.4, -0.2) is 19.1 Å². The van der Waals surface area contributed by atoms with Crippen molar-refractivity contribution in [1.82, 2.24) is 5.32 Å². The Morgan fingerprint density at radius 2 is 2.17 bits per heavy atom. The molecule has 18 heavy (non-hydrogen) atoms. The lowest BCUT2D eigenvalue weighted by Crippen LogP contribution is -2.29. The topological polar surface area (TPSA) is 88.1 Å². The number of hydrogen-bond acceptors (Lipinski definition) is 4. The predicted octanol–water partition coefficient (Wildman–Crippen LogP) is 1.11. The van der Waals surface area contributed by atoms with Crippen molar-refractivity contribution in [1.29, 1.82) is 5.26 Å². The van der Waals surface area contributed by atoms with Gasteiger partial charge in [0.1, 0.15) is 12.3 Å². The fourth-order valence-corrected chi connectivity index (χ4v) is 1.38. The quantitative estimate of drug-likeness (QED) is 0.737. The van der Waals surface area contributed by atoms with E-state index < -0.39 is 0 Å². The molecule has 0 aliphatic carbocycles. The van der Waals surface area contributed by atoms with Crippen LogP contribution in [0.2, 0.25) is 0 Å². The molecule has 0 saturated heterocycles. The van der Waals surface area contributed by atoms with E-state index in [1.54, 1.807) is 12.1 Å². The minimum atomic E-state index is -0.314. The summed E-state index contributed by atoms with van der Waals surface area (Å²) in [5.41, 5.74) is 6.93. The standard InChI is InChI=1S/C13H17N3O2/c1-2-12(15)10-3-5-11(6-4-10)18-9-13(17)16-8-7-14/h3-6,12H,2,8-9,15H2,1H3,(H,16,17)/t12-/m1/s1. The highest BCUT2D eigenvalue weighted by Crippen LogP contribution is 2.18. The number of benzene rings is 1. The van der Waals surface area contributed by atoms with Gasteiger partial charge in [0.15, 0.2) is 6.61 Å². The molecular formula is C13H17N3O2. The summed E-state index contributed by atoms with van der Waals surface area (Å²) in [6.45, 7) is 1.92. The Bertz CT molecular complexity index is 423. The van der Waals surface area contributed by atoms with Crippen LogP contribution in [0.4, 0.5) is 0 Å². The Balaban J connectivity index is 2.44. The number of carbonyl (C=O) groups is 1. The molecule has 1 aromatic carbocycles. The van der Waals surface area contributed by atoms with Gasteiger partial charge in [-0.3, -0.25) is 4.79 Å². The number of nitrogens with two attached hydrogens (primary N) is 1. The van der Waals surface area contributed by atoms with Crippen LogP contribution in [0.1, 0.15) is 24.9 Å². The average Bonchev–Trinajstić information content (AvgIpc) is 2.42. The molecule has 1 amide bonds. The van der Waals surface area contributed by atoms with Gasteiger partial charge in [-0.1, -0.05) is 19.1 Å². The maximum atomic E-state index is 11.2. The minimum absolute atomic E-state index is 0.00746. The van der Waals surface area contributed by atoms with E-state index in [9.17, 15) is 4.79 Å². The minimum Gasteiger partial charge on any atom is -0.484 e. The monoisotopic (exact) mass is 247 g/mol. The number of hydrogen-bond donors (Lipinski definition) is 2. The fraction of sp³-hybridized carbons (Fsp3) is 0.385. The highest BCUT2D eigenvalue weighted by atomic mass is 16.5. The first-order valence-electron chi connectivity index (χ1n) is 5.79. The SMILES string of the molecule is CC[C@@H](N)c1ccc(OCC(=O)NCC#N)cc1. The van der Waals surface area contributed by atoms with Gasteiger partial charge in [0, 0.05) is 6.04 Å². The van der Waals surface area contributed by atoms with Crippen molar-refractivity contribution in [3.63, 3.8) is 0 Å². The van der Waals surface area contributed by atoms with Crippen LogP contribution in [0.5, 0.6) is 5.75 Å². The van der Waals surface area contributed by atoms with E-state index in [4.69, 9.17) is 15.7 Å². The van der Waals surface area contributed by atoms with E-state index in [1.165, 1.54) is 0 Å². The first-order chi connectivity index (χ1) is 8.67. The molecule has 0 radical (unpaired) electrons. The fourth-order valence-electron chi connectivity index (χ4n) is 1.38. The summed E-state index contributed by atoms with van der Waals surface area (Å²) in [7, 11) is 0. The zero-order chi connectivity index (χ0) is 13.4. The van der Waals surface area contributed by atoms with Crippen LogP contribution in [0.3, 0.4) is 0 Å². The van der Waals surface area contributed by atoms with E-state index in [-0.39, 0.29) is 25.1 Å². The Morgan fingerprint density at radius 3 is 2.72 bits per heavy atom. The number of carbonyl (C=O) groups excluding carboxylic acids is 1. The van der Waals surface area contributed by atoms with E-state index in [0.29, 0.717) is 5.75 Å². The molecule has 0 unspecified atom stereocenters. The van der Waals surface area contributed by atoms with Crippen molar-refractivity contribution < 1.29 is 9.53 Å². The summed E-state index contributed by atoms with van der Waals surface area (Å²) in [4.78, 5) is 11.2. The van der Waals surface area contributed by atoms with Gasteiger partial charge in [-0.25, -0.2) is 0 Å². The summed E-state index contributed by atoms with van der Waals surface area (Å²) in [5, 5.41) is 10.7. The molecule has 3 N–H and O–H groups in total. The van der Waals surface area contributed by atoms with Crippen LogP contribution >= 0.6 is 0 Å². The van der Waals surface area contributed by atoms with Crippen LogP contribution in [0.15, 0.2) is 24.3 Å². The number of nitriles is 1. The van der Waals surface area contributed by atoms with Crippen LogP contribution < -0.4 is 15.8 Å². The lowest BCUT2D eigenvalue weighted by atomic mass is 10.1. The Labute approximate surface area is 107 Å². The summed E-state index contributed by atoms with van der Waals surface area (Å²) < 4.78 is 5.27. The van der Waals surface area contributed by atoms with Crippen LogP contribution in [-0.2, 0) is 4.79 Å². The van der Waals surface area contributed by atoms with Gasteiger partial charge in [0.05, 0.1) is 6.07 Å². The first kappa shape index (κ1) is 14.0. The molecule has 1 rings (SSSR count). The molecule has 0 aliphatic rings. The van der Waals surface area contributed by atoms with Gasteiger partial charge in [0.2, 0.25) is 0 Å². The Hall–Kier alpha value is -2.06. The smallest absolute Gasteiger partial charge is 0.258 e. The number of nitrogens with zero attached hydrogens (tertiary/aromatic N) is 1. The number of amides is 1. The highest BCUT2D eigenvalue weighted by molar-refractivity contribution is 5.77. The van der Waals surface area contributed by atoms with E-state index >= 15 is 0 Å². The van der Waals surface area contributed by atoms with Crippen molar-refractivity contribution in [3.8, 4) is 11.8 Å². The molecule has 1 atom stereocenters. The third-order valence-corrected chi connectivity index (χ3v) is 2.48. The van der Waals surface area contributed by atoms with Gasteiger partial charge < -0.3 is 15.8 Å². The molecule has 5 nitrogen and oxygen atoms in total. The van der Waals surface area contributed by atoms with Crippen molar-refractivity contribution in [2.75, 3.05) is 13.2 Å². The van der Waals surface area contributed by atoms with Crippen LogP contribution in [0.25, 0.3) is 0 Å². The molecule has 0 aliphatic heterocycles. The number of ether oxygens (including phenoxy) is 1. The van der Waals surface area contributed by atoms with Gasteiger partial charge >= 0.3 is 0 Å². The Kier molecular flexibility index (Phi) is 5.68. The molecule has 0 saturated carbocycles. The maximum absolute atomic E-state index is 11.2. The molecule has 0 bridgehead atoms.